The highest BCUT2D eigenvalue weighted by atomic mass is 32.2. The monoisotopic (exact) mass is 285 g/mol. The van der Waals surface area contributed by atoms with Crippen molar-refractivity contribution in [2.75, 3.05) is 12.8 Å². The molecule has 0 aromatic heterocycles. The van der Waals surface area contributed by atoms with Crippen LogP contribution in [0.3, 0.4) is 0 Å². The van der Waals surface area contributed by atoms with Crippen LogP contribution < -0.4 is 0 Å². The minimum absolute atomic E-state index is 0.106. The maximum Gasteiger partial charge on any atom is 0.321 e. The van der Waals surface area contributed by atoms with Gasteiger partial charge in [-0.25, -0.2) is 8.42 Å². The maximum atomic E-state index is 12.1. The minimum atomic E-state index is -3.60. The molecule has 5 nitrogen and oxygen atoms in total. The molecule has 6 heteroatoms. The Bertz CT molecular complexity index is 527. The number of rotatable bonds is 6. The molecule has 1 aromatic carbocycles. The third-order valence-electron chi connectivity index (χ3n) is 3.17. The molecule has 0 radical (unpaired) electrons. The normalized spacial score (nSPS) is 15.2. The van der Waals surface area contributed by atoms with E-state index in [-0.39, 0.29) is 11.7 Å². The lowest BCUT2D eigenvalue weighted by atomic mass is 10.0. The second kappa shape index (κ2) is 6.16. The van der Waals surface area contributed by atoms with Crippen LogP contribution in [0.15, 0.2) is 30.3 Å². The summed E-state index contributed by atoms with van der Waals surface area (Å²) >= 11 is 0. The van der Waals surface area contributed by atoms with Crippen LogP contribution in [0.4, 0.5) is 0 Å². The van der Waals surface area contributed by atoms with Crippen LogP contribution in [0.1, 0.15) is 25.3 Å². The molecule has 2 unspecified atom stereocenters. The van der Waals surface area contributed by atoms with Crippen LogP contribution in [-0.4, -0.2) is 42.6 Å². The molecule has 0 saturated carbocycles. The number of hydrogen-bond acceptors (Lipinski definition) is 3. The van der Waals surface area contributed by atoms with Crippen molar-refractivity contribution in [3.63, 3.8) is 0 Å². The maximum absolute atomic E-state index is 12.1. The van der Waals surface area contributed by atoms with Gasteiger partial charge in [0.25, 0.3) is 0 Å². The number of sulfonamides is 1. The van der Waals surface area contributed by atoms with Gasteiger partial charge in [-0.3, -0.25) is 4.79 Å². The van der Waals surface area contributed by atoms with E-state index in [1.54, 1.807) is 0 Å². The number of aliphatic carboxylic acids is 1. The molecule has 0 aliphatic rings. The number of carbonyl (C=O) groups is 1. The standard InChI is InChI=1S/C13H19NO4S/c1-10(12-7-5-4-6-8-12)9-19(17,18)14(3)11(2)13(15)16/h4-8,10-11H,9H2,1-3H3,(H,15,16). The van der Waals surface area contributed by atoms with Crippen molar-refractivity contribution in [3.8, 4) is 0 Å². The smallest absolute Gasteiger partial charge is 0.321 e. The Morgan fingerprint density at radius 3 is 2.26 bits per heavy atom. The third kappa shape index (κ3) is 4.04. The predicted molar refractivity (Wildman–Crippen MR) is 73.5 cm³/mol. The van der Waals surface area contributed by atoms with Gasteiger partial charge in [0.1, 0.15) is 6.04 Å². The Hall–Kier alpha value is -1.40. The van der Waals surface area contributed by atoms with Gasteiger partial charge in [-0.1, -0.05) is 37.3 Å². The summed E-state index contributed by atoms with van der Waals surface area (Å²) in [4.78, 5) is 10.8. The minimum Gasteiger partial charge on any atom is -0.480 e. The first-order chi connectivity index (χ1) is 8.75. The molecule has 1 rings (SSSR count). The summed E-state index contributed by atoms with van der Waals surface area (Å²) in [5.41, 5.74) is 0.919. The third-order valence-corrected chi connectivity index (χ3v) is 5.29. The summed E-state index contributed by atoms with van der Waals surface area (Å²) in [7, 11) is -2.30. The van der Waals surface area contributed by atoms with Crippen molar-refractivity contribution < 1.29 is 18.3 Å². The van der Waals surface area contributed by atoms with Gasteiger partial charge in [0.15, 0.2) is 0 Å². The second-order valence-corrected chi connectivity index (χ2v) is 6.69. The molecule has 0 spiro atoms. The van der Waals surface area contributed by atoms with E-state index in [0.717, 1.165) is 9.87 Å². The van der Waals surface area contributed by atoms with Crippen LogP contribution in [0.2, 0.25) is 0 Å². The second-order valence-electron chi connectivity index (χ2n) is 4.62. The molecular formula is C13H19NO4S. The van der Waals surface area contributed by atoms with E-state index < -0.39 is 22.0 Å². The fourth-order valence-electron chi connectivity index (χ4n) is 1.71. The van der Waals surface area contributed by atoms with Crippen molar-refractivity contribution in [2.45, 2.75) is 25.8 Å². The largest absolute Gasteiger partial charge is 0.480 e. The predicted octanol–water partition coefficient (Wildman–Crippen LogP) is 1.52. The van der Waals surface area contributed by atoms with Gasteiger partial charge in [-0.2, -0.15) is 4.31 Å². The van der Waals surface area contributed by atoms with Crippen molar-refractivity contribution in [3.05, 3.63) is 35.9 Å². The van der Waals surface area contributed by atoms with Crippen LogP contribution in [0, 0.1) is 0 Å². The van der Waals surface area contributed by atoms with Crippen LogP contribution in [0.25, 0.3) is 0 Å². The van der Waals surface area contributed by atoms with Crippen molar-refractivity contribution in [1.82, 2.24) is 4.31 Å². The first-order valence-electron chi connectivity index (χ1n) is 5.99. The molecule has 0 bridgehead atoms. The zero-order valence-corrected chi connectivity index (χ0v) is 12.1. The number of hydrogen-bond donors (Lipinski definition) is 1. The summed E-state index contributed by atoms with van der Waals surface area (Å²) in [6.07, 6.45) is 0. The molecule has 0 aliphatic carbocycles. The zero-order valence-electron chi connectivity index (χ0n) is 11.3. The lowest BCUT2D eigenvalue weighted by Gasteiger charge is -2.23. The molecule has 1 aromatic rings. The van der Waals surface area contributed by atoms with Gasteiger partial charge < -0.3 is 5.11 Å². The number of carboxylic acid groups (broad SMARTS) is 1. The summed E-state index contributed by atoms with van der Waals surface area (Å²) in [6, 6.07) is 8.22. The van der Waals surface area contributed by atoms with E-state index in [1.165, 1.54) is 14.0 Å². The SMILES string of the molecule is CC(CS(=O)(=O)N(C)C(C)C(=O)O)c1ccccc1. The van der Waals surface area contributed by atoms with Gasteiger partial charge in [0.05, 0.1) is 5.75 Å². The number of likely N-dealkylation sites (N-methyl/N-ethyl adjacent to an activating group) is 1. The molecule has 1 N–H and O–H groups in total. The Kier molecular flexibility index (Phi) is 5.08. The highest BCUT2D eigenvalue weighted by Crippen LogP contribution is 2.19. The molecule has 0 aliphatic heterocycles. The highest BCUT2D eigenvalue weighted by molar-refractivity contribution is 7.89. The van der Waals surface area contributed by atoms with E-state index in [9.17, 15) is 13.2 Å². The molecule has 0 heterocycles. The molecule has 0 amide bonds. The Labute approximate surface area is 113 Å². The first-order valence-corrected chi connectivity index (χ1v) is 7.60. The van der Waals surface area contributed by atoms with Gasteiger partial charge in [-0.05, 0) is 18.4 Å². The highest BCUT2D eigenvalue weighted by Gasteiger charge is 2.29. The van der Waals surface area contributed by atoms with E-state index in [0.29, 0.717) is 0 Å². The number of carboxylic acids is 1. The average molecular weight is 285 g/mol. The molecule has 0 fully saturated rings. The van der Waals surface area contributed by atoms with Gasteiger partial charge in [-0.15, -0.1) is 0 Å². The van der Waals surface area contributed by atoms with E-state index in [2.05, 4.69) is 0 Å². The van der Waals surface area contributed by atoms with Crippen molar-refractivity contribution in [1.29, 1.82) is 0 Å². The zero-order chi connectivity index (χ0) is 14.6. The van der Waals surface area contributed by atoms with Crippen LogP contribution >= 0.6 is 0 Å². The summed E-state index contributed by atoms with van der Waals surface area (Å²) in [5, 5.41) is 8.86. The Morgan fingerprint density at radius 1 is 1.26 bits per heavy atom. The molecule has 106 valence electrons. The van der Waals surface area contributed by atoms with E-state index >= 15 is 0 Å². The van der Waals surface area contributed by atoms with Crippen molar-refractivity contribution in [2.24, 2.45) is 0 Å². The number of benzene rings is 1. The van der Waals surface area contributed by atoms with Crippen molar-refractivity contribution >= 4 is 16.0 Å². The first kappa shape index (κ1) is 15.7. The average Bonchev–Trinajstić information content (AvgIpc) is 2.37. The number of nitrogens with zero attached hydrogens (tertiary/aromatic N) is 1. The Morgan fingerprint density at radius 2 is 1.79 bits per heavy atom. The summed E-state index contributed by atoms with van der Waals surface area (Å²) in [5.74, 6) is -1.45. The van der Waals surface area contributed by atoms with Gasteiger partial charge in [0, 0.05) is 7.05 Å². The fraction of sp³-hybridized carbons (Fsp3) is 0.462. The lowest BCUT2D eigenvalue weighted by Crippen LogP contribution is -2.42. The molecule has 0 saturated heterocycles. The lowest BCUT2D eigenvalue weighted by molar-refractivity contribution is -0.140. The molecular weight excluding hydrogens is 266 g/mol. The topological polar surface area (TPSA) is 74.7 Å². The summed E-state index contributed by atoms with van der Waals surface area (Å²) in [6.45, 7) is 3.17. The van der Waals surface area contributed by atoms with Gasteiger partial charge in [0.2, 0.25) is 10.0 Å². The van der Waals surface area contributed by atoms with Crippen LogP contribution in [0.5, 0.6) is 0 Å². The van der Waals surface area contributed by atoms with E-state index in [1.807, 2.05) is 37.3 Å². The molecule has 19 heavy (non-hydrogen) atoms. The van der Waals surface area contributed by atoms with Gasteiger partial charge >= 0.3 is 5.97 Å². The quantitative estimate of drug-likeness (QED) is 0.860. The molecule has 2 atom stereocenters. The summed E-state index contributed by atoms with van der Waals surface area (Å²) < 4.78 is 25.2. The fourth-order valence-corrected chi connectivity index (χ4v) is 3.34. The van der Waals surface area contributed by atoms with E-state index in [4.69, 9.17) is 5.11 Å². The van der Waals surface area contributed by atoms with Crippen LogP contribution in [-0.2, 0) is 14.8 Å². The Balaban J connectivity index is 2.83.